The van der Waals surface area contributed by atoms with Gasteiger partial charge >= 0.3 is 0 Å². The Kier molecular flexibility index (Phi) is 3.11. The smallest absolute Gasteiger partial charge is 0.0773 e. The molecule has 0 saturated carbocycles. The van der Waals surface area contributed by atoms with Crippen LogP contribution in [-0.4, -0.2) is 9.52 Å². The molecule has 0 heterocycles. The van der Waals surface area contributed by atoms with Gasteiger partial charge in [-0.1, -0.05) is 42.1 Å². The molecule has 56 valence electrons. The van der Waals surface area contributed by atoms with Crippen LogP contribution in [0, 0.1) is 0 Å². The van der Waals surface area contributed by atoms with E-state index >= 15 is 0 Å². The minimum Gasteiger partial charge on any atom is -0.103 e. The minimum absolute atomic E-state index is 0.903. The Hall–Kier alpha value is -0.823. The van der Waals surface area contributed by atoms with E-state index in [4.69, 9.17) is 0 Å². The fourth-order valence-electron chi connectivity index (χ4n) is 0.974. The molecule has 0 aromatic heterocycles. The largest absolute Gasteiger partial charge is 0.103 e. The van der Waals surface area contributed by atoms with Crippen LogP contribution in [0.1, 0.15) is 5.56 Å². The van der Waals surface area contributed by atoms with Crippen molar-refractivity contribution in [2.45, 2.75) is 13.0 Å². The summed E-state index contributed by atoms with van der Waals surface area (Å²) in [6.45, 7) is 5.90. The number of rotatable bonds is 3. The summed E-state index contributed by atoms with van der Waals surface area (Å²) >= 11 is 0. The second-order valence-corrected chi connectivity index (χ2v) is 3.52. The molecule has 0 bridgehead atoms. The van der Waals surface area contributed by atoms with E-state index < -0.39 is 0 Å². The van der Waals surface area contributed by atoms with Gasteiger partial charge in [-0.25, -0.2) is 0 Å². The average molecular weight is 160 g/mol. The van der Waals surface area contributed by atoms with Crippen molar-refractivity contribution in [1.82, 2.24) is 0 Å². The SMILES string of the molecule is C=CCc1ccc([Si]C)cc1. The second kappa shape index (κ2) is 4.14. The molecule has 0 aliphatic heterocycles. The predicted molar refractivity (Wildman–Crippen MR) is 51.6 cm³/mol. The van der Waals surface area contributed by atoms with E-state index in [1.807, 2.05) is 6.08 Å². The van der Waals surface area contributed by atoms with Gasteiger partial charge < -0.3 is 0 Å². The summed E-state index contributed by atoms with van der Waals surface area (Å²) in [5.41, 5.74) is 1.35. The summed E-state index contributed by atoms with van der Waals surface area (Å²) in [5, 5.41) is 1.43. The summed E-state index contributed by atoms with van der Waals surface area (Å²) in [6, 6.07) is 8.73. The zero-order valence-electron chi connectivity index (χ0n) is 6.80. The number of hydrogen-bond donors (Lipinski definition) is 0. The molecule has 0 atom stereocenters. The zero-order chi connectivity index (χ0) is 8.10. The van der Waals surface area contributed by atoms with E-state index in [0.717, 1.165) is 15.9 Å². The third-order valence-electron chi connectivity index (χ3n) is 1.62. The standard InChI is InChI=1S/C10H12Si/c1-3-4-9-5-7-10(11-2)8-6-9/h3,5-8H,1,4H2,2H3. The summed E-state index contributed by atoms with van der Waals surface area (Å²) in [6.07, 6.45) is 2.91. The van der Waals surface area contributed by atoms with Crippen LogP contribution in [0.4, 0.5) is 0 Å². The molecule has 1 rings (SSSR count). The molecule has 0 nitrogen and oxygen atoms in total. The van der Waals surface area contributed by atoms with Crippen LogP contribution < -0.4 is 5.19 Å². The van der Waals surface area contributed by atoms with Crippen LogP contribution in [0.5, 0.6) is 0 Å². The quantitative estimate of drug-likeness (QED) is 0.467. The van der Waals surface area contributed by atoms with Crippen molar-refractivity contribution < 1.29 is 0 Å². The highest BCUT2D eigenvalue weighted by molar-refractivity contribution is 6.51. The molecule has 0 N–H and O–H groups in total. The van der Waals surface area contributed by atoms with E-state index in [0.29, 0.717) is 0 Å². The Bertz CT molecular complexity index is 223. The molecule has 11 heavy (non-hydrogen) atoms. The van der Waals surface area contributed by atoms with Gasteiger partial charge in [0.05, 0.1) is 9.52 Å². The lowest BCUT2D eigenvalue weighted by molar-refractivity contribution is 1.28. The third kappa shape index (κ3) is 2.35. The first kappa shape index (κ1) is 8.28. The Balaban J connectivity index is 2.74. The van der Waals surface area contributed by atoms with E-state index in [2.05, 4.69) is 37.4 Å². The van der Waals surface area contributed by atoms with Crippen molar-refractivity contribution in [3.63, 3.8) is 0 Å². The summed E-state index contributed by atoms with van der Waals surface area (Å²) in [4.78, 5) is 0. The predicted octanol–water partition coefficient (Wildman–Crippen LogP) is 1.79. The van der Waals surface area contributed by atoms with Crippen molar-refractivity contribution in [3.8, 4) is 0 Å². The Labute approximate surface area is 70.8 Å². The van der Waals surface area contributed by atoms with Crippen LogP contribution >= 0.6 is 0 Å². The molecule has 0 aliphatic rings. The molecule has 0 fully saturated rings. The molecule has 0 amide bonds. The van der Waals surface area contributed by atoms with E-state index in [1.165, 1.54) is 10.8 Å². The molecule has 0 unspecified atom stereocenters. The van der Waals surface area contributed by atoms with Crippen molar-refractivity contribution in [1.29, 1.82) is 0 Å². The molecule has 2 radical (unpaired) electrons. The number of hydrogen-bond acceptors (Lipinski definition) is 0. The molecular formula is C10H12Si. The van der Waals surface area contributed by atoms with Crippen LogP contribution in [0.25, 0.3) is 0 Å². The first-order valence-electron chi connectivity index (χ1n) is 3.74. The maximum atomic E-state index is 3.70. The highest BCUT2D eigenvalue weighted by Gasteiger charge is 1.89. The summed E-state index contributed by atoms with van der Waals surface area (Å²) in [5.74, 6) is 0. The molecule has 0 aliphatic carbocycles. The minimum atomic E-state index is 0.903. The summed E-state index contributed by atoms with van der Waals surface area (Å²) < 4.78 is 0. The third-order valence-corrected chi connectivity index (χ3v) is 2.53. The van der Waals surface area contributed by atoms with Gasteiger partial charge in [0.25, 0.3) is 0 Å². The highest BCUT2D eigenvalue weighted by atomic mass is 28.2. The van der Waals surface area contributed by atoms with Crippen LogP contribution in [0.3, 0.4) is 0 Å². The molecule has 1 aromatic carbocycles. The fraction of sp³-hybridized carbons (Fsp3) is 0.200. The second-order valence-electron chi connectivity index (χ2n) is 2.44. The number of benzene rings is 1. The van der Waals surface area contributed by atoms with Gasteiger partial charge in [0.15, 0.2) is 0 Å². The summed E-state index contributed by atoms with van der Waals surface area (Å²) in [7, 11) is 0.903. The lowest BCUT2D eigenvalue weighted by Gasteiger charge is -1.97. The first-order chi connectivity index (χ1) is 5.36. The zero-order valence-corrected chi connectivity index (χ0v) is 7.80. The maximum Gasteiger partial charge on any atom is 0.0773 e. The molecule has 1 aromatic rings. The van der Waals surface area contributed by atoms with Gasteiger partial charge in [0.2, 0.25) is 0 Å². The van der Waals surface area contributed by atoms with Crippen LogP contribution in [0.15, 0.2) is 36.9 Å². The lowest BCUT2D eigenvalue weighted by Crippen LogP contribution is -2.09. The Morgan fingerprint density at radius 3 is 2.45 bits per heavy atom. The number of allylic oxidation sites excluding steroid dienone is 1. The molecule has 0 saturated heterocycles. The Morgan fingerprint density at radius 2 is 2.00 bits per heavy atom. The normalized spacial score (nSPS) is 9.55. The van der Waals surface area contributed by atoms with Gasteiger partial charge in [-0.3, -0.25) is 0 Å². The first-order valence-corrected chi connectivity index (χ1v) is 5.24. The fourth-order valence-corrected chi connectivity index (χ4v) is 1.47. The molecule has 0 spiro atoms. The van der Waals surface area contributed by atoms with Gasteiger partial charge in [-0.15, -0.1) is 6.58 Å². The van der Waals surface area contributed by atoms with Crippen molar-refractivity contribution >= 4 is 14.7 Å². The van der Waals surface area contributed by atoms with Crippen LogP contribution in [-0.2, 0) is 6.42 Å². The van der Waals surface area contributed by atoms with Gasteiger partial charge in [-0.05, 0) is 12.0 Å². The van der Waals surface area contributed by atoms with E-state index in [9.17, 15) is 0 Å². The van der Waals surface area contributed by atoms with Gasteiger partial charge in [-0.2, -0.15) is 0 Å². The van der Waals surface area contributed by atoms with E-state index in [-0.39, 0.29) is 0 Å². The average Bonchev–Trinajstić information content (AvgIpc) is 2.07. The van der Waals surface area contributed by atoms with Gasteiger partial charge in [0, 0.05) is 0 Å². The van der Waals surface area contributed by atoms with Crippen molar-refractivity contribution in [2.75, 3.05) is 0 Å². The van der Waals surface area contributed by atoms with Crippen LogP contribution in [0.2, 0.25) is 6.55 Å². The van der Waals surface area contributed by atoms with Crippen molar-refractivity contribution in [2.24, 2.45) is 0 Å². The topological polar surface area (TPSA) is 0 Å². The van der Waals surface area contributed by atoms with Gasteiger partial charge in [0.1, 0.15) is 0 Å². The Morgan fingerprint density at radius 1 is 1.36 bits per heavy atom. The highest BCUT2D eigenvalue weighted by Crippen LogP contribution is 1.97. The monoisotopic (exact) mass is 160 g/mol. The molecular weight excluding hydrogens is 148 g/mol. The lowest BCUT2D eigenvalue weighted by atomic mass is 10.2. The van der Waals surface area contributed by atoms with E-state index in [1.54, 1.807) is 0 Å². The van der Waals surface area contributed by atoms with Crippen molar-refractivity contribution in [3.05, 3.63) is 42.5 Å². The maximum absolute atomic E-state index is 3.70. The molecule has 1 heteroatoms.